The average molecular weight is 424 g/mol. The third-order valence-corrected chi connectivity index (χ3v) is 5.80. The van der Waals surface area contributed by atoms with Gasteiger partial charge in [-0.3, -0.25) is 14.5 Å². The molecule has 7 heteroatoms. The molecule has 0 aromatic heterocycles. The number of likely N-dealkylation sites (N-methyl/N-ethyl adjacent to an activating group) is 2. The van der Waals surface area contributed by atoms with Gasteiger partial charge in [0, 0.05) is 12.6 Å². The molecule has 1 heterocycles. The Hall–Kier alpha value is -1.89. The number of nitrogens with one attached hydrogen (secondary N) is 1. The van der Waals surface area contributed by atoms with Gasteiger partial charge in [-0.25, -0.2) is 4.79 Å². The predicted octanol–water partition coefficient (Wildman–Crippen LogP) is 2.60. The van der Waals surface area contributed by atoms with E-state index in [-0.39, 0.29) is 41.7 Å². The Morgan fingerprint density at radius 2 is 1.80 bits per heavy atom. The summed E-state index contributed by atoms with van der Waals surface area (Å²) in [4.78, 5) is 42.0. The van der Waals surface area contributed by atoms with E-state index >= 15 is 0 Å². The Kier molecular flexibility index (Phi) is 10.5. The molecule has 0 spiro atoms. The molecule has 172 valence electrons. The van der Waals surface area contributed by atoms with E-state index in [1.807, 2.05) is 34.7 Å². The molecular weight excluding hydrogens is 382 g/mol. The third-order valence-electron chi connectivity index (χ3n) is 5.80. The zero-order valence-corrected chi connectivity index (χ0v) is 20.0. The largest absolute Gasteiger partial charge is 0.463 e. The van der Waals surface area contributed by atoms with Crippen molar-refractivity contribution in [2.75, 3.05) is 27.2 Å². The standard InChI is InChI=1S/C23H41N3O4/c1-9-30-23(29)17(6)14-19(15(2)3)26(8)22(28)20(16(4)5)24-21(27)18-12-10-11-13-25(18)7/h14-16,18-20H,9-13H2,1-8H3,(H,24,27)/t18-,19-,20+/m1/s1. The highest BCUT2D eigenvalue weighted by molar-refractivity contribution is 5.91. The van der Waals surface area contributed by atoms with E-state index in [2.05, 4.69) is 10.2 Å². The van der Waals surface area contributed by atoms with Crippen LogP contribution in [0.5, 0.6) is 0 Å². The van der Waals surface area contributed by atoms with Crippen LogP contribution in [-0.4, -0.2) is 73.0 Å². The number of esters is 1. The lowest BCUT2D eigenvalue weighted by Gasteiger charge is -2.36. The summed E-state index contributed by atoms with van der Waals surface area (Å²) >= 11 is 0. The number of likely N-dealkylation sites (tertiary alicyclic amines) is 1. The molecule has 2 amide bonds. The van der Waals surface area contributed by atoms with Gasteiger partial charge in [0.2, 0.25) is 11.8 Å². The lowest BCUT2D eigenvalue weighted by Crippen LogP contribution is -2.57. The van der Waals surface area contributed by atoms with Crippen molar-refractivity contribution in [3.63, 3.8) is 0 Å². The van der Waals surface area contributed by atoms with Crippen LogP contribution >= 0.6 is 0 Å². The first-order valence-electron chi connectivity index (χ1n) is 11.1. The van der Waals surface area contributed by atoms with Gasteiger partial charge in [0.05, 0.1) is 18.7 Å². The SMILES string of the molecule is CCOC(=O)C(C)=C[C@H](C(C)C)N(C)C(=O)[C@@H](NC(=O)[C@H]1CCCCN1C)C(C)C. The number of rotatable bonds is 9. The Bertz CT molecular complexity index is 630. The van der Waals surface area contributed by atoms with E-state index in [1.54, 1.807) is 31.9 Å². The van der Waals surface area contributed by atoms with E-state index in [0.717, 1.165) is 25.8 Å². The zero-order chi connectivity index (χ0) is 23.0. The molecule has 1 aliphatic heterocycles. The van der Waals surface area contributed by atoms with Crippen LogP contribution in [0.4, 0.5) is 0 Å². The first-order valence-corrected chi connectivity index (χ1v) is 11.1. The second-order valence-electron chi connectivity index (χ2n) is 8.98. The highest BCUT2D eigenvalue weighted by atomic mass is 16.5. The zero-order valence-electron chi connectivity index (χ0n) is 20.0. The molecule has 0 radical (unpaired) electrons. The second kappa shape index (κ2) is 12.1. The lowest BCUT2D eigenvalue weighted by molar-refractivity contribution is -0.140. The van der Waals surface area contributed by atoms with Crippen molar-refractivity contribution in [3.05, 3.63) is 11.6 Å². The van der Waals surface area contributed by atoms with Gasteiger partial charge in [-0.2, -0.15) is 0 Å². The fraction of sp³-hybridized carbons (Fsp3) is 0.783. The van der Waals surface area contributed by atoms with E-state index < -0.39 is 6.04 Å². The molecule has 7 nitrogen and oxygen atoms in total. The normalized spacial score (nSPS) is 20.1. The maximum Gasteiger partial charge on any atom is 0.333 e. The maximum atomic E-state index is 13.4. The summed E-state index contributed by atoms with van der Waals surface area (Å²) in [7, 11) is 3.69. The van der Waals surface area contributed by atoms with Gasteiger partial charge >= 0.3 is 5.97 Å². The number of ether oxygens (including phenoxy) is 1. The van der Waals surface area contributed by atoms with Crippen LogP contribution in [0.15, 0.2) is 11.6 Å². The predicted molar refractivity (Wildman–Crippen MR) is 119 cm³/mol. The highest BCUT2D eigenvalue weighted by Crippen LogP contribution is 2.19. The van der Waals surface area contributed by atoms with Crippen molar-refractivity contribution in [1.29, 1.82) is 0 Å². The van der Waals surface area contributed by atoms with Gasteiger partial charge in [0.1, 0.15) is 6.04 Å². The quantitative estimate of drug-likeness (QED) is 0.456. The van der Waals surface area contributed by atoms with Crippen LogP contribution in [0.25, 0.3) is 0 Å². The molecule has 3 atom stereocenters. The molecule has 0 unspecified atom stereocenters. The highest BCUT2D eigenvalue weighted by Gasteiger charge is 2.34. The van der Waals surface area contributed by atoms with Gasteiger partial charge in [0.25, 0.3) is 0 Å². The molecule has 1 aliphatic rings. The second-order valence-corrected chi connectivity index (χ2v) is 8.98. The molecule has 0 aromatic carbocycles. The number of nitrogens with zero attached hydrogens (tertiary/aromatic N) is 2. The summed E-state index contributed by atoms with van der Waals surface area (Å²) in [5.41, 5.74) is 0.476. The summed E-state index contributed by atoms with van der Waals surface area (Å²) in [6.45, 7) is 12.5. The van der Waals surface area contributed by atoms with Crippen LogP contribution in [-0.2, 0) is 19.1 Å². The van der Waals surface area contributed by atoms with E-state index in [1.165, 1.54) is 0 Å². The minimum atomic E-state index is -0.615. The van der Waals surface area contributed by atoms with Gasteiger partial charge in [-0.05, 0) is 52.1 Å². The Morgan fingerprint density at radius 3 is 2.30 bits per heavy atom. The van der Waals surface area contributed by atoms with E-state index in [4.69, 9.17) is 4.74 Å². The van der Waals surface area contributed by atoms with Crippen LogP contribution in [0.3, 0.4) is 0 Å². The number of piperidine rings is 1. The van der Waals surface area contributed by atoms with Gasteiger partial charge in [0.15, 0.2) is 0 Å². The molecule has 1 saturated heterocycles. The summed E-state index contributed by atoms with van der Waals surface area (Å²) in [6.07, 6.45) is 4.72. The summed E-state index contributed by atoms with van der Waals surface area (Å²) in [6, 6.07) is -1.09. The fourth-order valence-corrected chi connectivity index (χ4v) is 3.86. The number of hydrogen-bond acceptors (Lipinski definition) is 5. The van der Waals surface area contributed by atoms with Crippen molar-refractivity contribution in [3.8, 4) is 0 Å². The molecule has 1 N–H and O–H groups in total. The van der Waals surface area contributed by atoms with E-state index in [9.17, 15) is 14.4 Å². The topological polar surface area (TPSA) is 79.0 Å². The van der Waals surface area contributed by atoms with E-state index in [0.29, 0.717) is 12.2 Å². The first-order chi connectivity index (χ1) is 14.0. The number of amides is 2. The average Bonchev–Trinajstić information content (AvgIpc) is 2.68. The maximum absolute atomic E-state index is 13.4. The third kappa shape index (κ3) is 7.11. The molecular formula is C23H41N3O4. The van der Waals surface area contributed by atoms with Crippen LogP contribution < -0.4 is 5.32 Å². The Labute approximate surface area is 182 Å². The van der Waals surface area contributed by atoms with Crippen molar-refractivity contribution in [2.45, 2.75) is 78.9 Å². The molecule has 0 bridgehead atoms. The molecule has 1 fully saturated rings. The van der Waals surface area contributed by atoms with Gasteiger partial charge in [-0.1, -0.05) is 40.2 Å². The summed E-state index contributed by atoms with van der Waals surface area (Å²) < 4.78 is 5.07. The molecule has 0 saturated carbocycles. The minimum Gasteiger partial charge on any atom is -0.463 e. The molecule has 0 aliphatic carbocycles. The molecule has 0 aromatic rings. The van der Waals surface area contributed by atoms with Gasteiger partial charge in [-0.15, -0.1) is 0 Å². The van der Waals surface area contributed by atoms with Crippen molar-refractivity contribution in [1.82, 2.24) is 15.1 Å². The molecule has 30 heavy (non-hydrogen) atoms. The summed E-state index contributed by atoms with van der Waals surface area (Å²) in [5.74, 6) is -0.574. The van der Waals surface area contributed by atoms with Crippen LogP contribution in [0, 0.1) is 11.8 Å². The van der Waals surface area contributed by atoms with Crippen molar-refractivity contribution in [2.24, 2.45) is 11.8 Å². The lowest BCUT2D eigenvalue weighted by atomic mass is 9.96. The minimum absolute atomic E-state index is 0.0549. The van der Waals surface area contributed by atoms with Crippen LogP contribution in [0.1, 0.15) is 60.8 Å². The van der Waals surface area contributed by atoms with Crippen molar-refractivity contribution >= 4 is 17.8 Å². The number of carbonyl (C=O) groups is 3. The smallest absolute Gasteiger partial charge is 0.333 e. The Morgan fingerprint density at radius 1 is 1.17 bits per heavy atom. The first kappa shape index (κ1) is 26.1. The van der Waals surface area contributed by atoms with Crippen LogP contribution in [0.2, 0.25) is 0 Å². The van der Waals surface area contributed by atoms with Crippen molar-refractivity contribution < 1.29 is 19.1 Å². The monoisotopic (exact) mass is 423 g/mol. The fourth-order valence-electron chi connectivity index (χ4n) is 3.86. The van der Waals surface area contributed by atoms with Gasteiger partial charge < -0.3 is 15.0 Å². The number of carbonyl (C=O) groups excluding carboxylic acids is 3. The number of hydrogen-bond donors (Lipinski definition) is 1. The Balaban J connectivity index is 3.00. The summed E-state index contributed by atoms with van der Waals surface area (Å²) in [5, 5.41) is 3.00. The molecule has 1 rings (SSSR count).